The van der Waals surface area contributed by atoms with E-state index >= 15 is 0 Å². The third-order valence-electron chi connectivity index (χ3n) is 5.56. The Kier molecular flexibility index (Phi) is 7.39. The van der Waals surface area contributed by atoms with E-state index in [-0.39, 0.29) is 24.7 Å². The zero-order chi connectivity index (χ0) is 23.3. The van der Waals surface area contributed by atoms with Crippen molar-refractivity contribution in [2.45, 2.75) is 37.8 Å². The zero-order valence-corrected chi connectivity index (χ0v) is 17.7. The fraction of sp³-hybridized carbons (Fsp3) is 0.524. The second kappa shape index (κ2) is 10.2. The fourth-order valence-electron chi connectivity index (χ4n) is 3.95. The van der Waals surface area contributed by atoms with Gasteiger partial charge in [0.1, 0.15) is 17.8 Å². The van der Waals surface area contributed by atoms with Gasteiger partial charge in [-0.3, -0.25) is 9.59 Å². The van der Waals surface area contributed by atoms with Crippen molar-refractivity contribution in [3.8, 4) is 17.2 Å². The molecule has 11 heteroatoms. The van der Waals surface area contributed by atoms with Crippen LogP contribution in [0.25, 0.3) is 0 Å². The van der Waals surface area contributed by atoms with Crippen LogP contribution in [0.4, 0.5) is 0 Å². The van der Waals surface area contributed by atoms with E-state index < -0.39 is 35.8 Å². The van der Waals surface area contributed by atoms with Crippen molar-refractivity contribution in [1.82, 2.24) is 9.80 Å². The number of likely N-dealkylation sites (tertiary alicyclic amines) is 2. The van der Waals surface area contributed by atoms with Gasteiger partial charge in [0.2, 0.25) is 0 Å². The number of ether oxygens (including phenoxy) is 3. The predicted molar refractivity (Wildman–Crippen MR) is 109 cm³/mol. The Labute approximate surface area is 184 Å². The number of hydrogen-bond donors (Lipinski definition) is 2. The maximum Gasteiger partial charge on any atom is 0.326 e. The summed E-state index contributed by atoms with van der Waals surface area (Å²) in [6, 6.07) is 2.87. The van der Waals surface area contributed by atoms with Crippen molar-refractivity contribution in [3.63, 3.8) is 0 Å². The maximum absolute atomic E-state index is 12.4. The Morgan fingerprint density at radius 2 is 1.41 bits per heavy atom. The van der Waals surface area contributed by atoms with Crippen LogP contribution in [0.5, 0.6) is 17.2 Å². The quantitative estimate of drug-likeness (QED) is 0.553. The van der Waals surface area contributed by atoms with Crippen LogP contribution in [0.3, 0.4) is 0 Å². The highest BCUT2D eigenvalue weighted by Crippen LogP contribution is 2.31. The Morgan fingerprint density at radius 1 is 0.875 bits per heavy atom. The van der Waals surface area contributed by atoms with Gasteiger partial charge in [-0.25, -0.2) is 9.59 Å². The van der Waals surface area contributed by atoms with Gasteiger partial charge in [0.15, 0.2) is 24.7 Å². The fourth-order valence-corrected chi connectivity index (χ4v) is 3.95. The van der Waals surface area contributed by atoms with E-state index in [0.29, 0.717) is 44.5 Å². The molecule has 0 saturated carbocycles. The molecular weight excluding hydrogens is 424 g/mol. The lowest BCUT2D eigenvalue weighted by atomic mass is 10.2. The molecule has 0 spiro atoms. The monoisotopic (exact) mass is 450 g/mol. The third-order valence-corrected chi connectivity index (χ3v) is 5.56. The van der Waals surface area contributed by atoms with Gasteiger partial charge < -0.3 is 34.2 Å². The summed E-state index contributed by atoms with van der Waals surface area (Å²) >= 11 is 0. The first-order valence-electron chi connectivity index (χ1n) is 10.3. The van der Waals surface area contributed by atoms with Gasteiger partial charge in [0, 0.05) is 19.2 Å². The normalized spacial score (nSPS) is 20.2. The number of methoxy groups -OCH3 is 1. The van der Waals surface area contributed by atoms with Crippen molar-refractivity contribution < 1.29 is 43.6 Å². The largest absolute Gasteiger partial charge is 0.493 e. The lowest BCUT2D eigenvalue weighted by Crippen LogP contribution is -2.42. The molecule has 3 rings (SSSR count). The van der Waals surface area contributed by atoms with E-state index in [4.69, 9.17) is 14.2 Å². The van der Waals surface area contributed by atoms with E-state index in [0.717, 1.165) is 0 Å². The highest BCUT2D eigenvalue weighted by atomic mass is 16.5. The summed E-state index contributed by atoms with van der Waals surface area (Å²) in [4.78, 5) is 49.8. The van der Waals surface area contributed by atoms with Crippen molar-refractivity contribution in [1.29, 1.82) is 0 Å². The van der Waals surface area contributed by atoms with Crippen molar-refractivity contribution in [2.24, 2.45) is 0 Å². The Morgan fingerprint density at radius 3 is 1.91 bits per heavy atom. The van der Waals surface area contributed by atoms with Gasteiger partial charge in [-0.1, -0.05) is 0 Å². The number of rotatable bonds is 9. The number of carbonyl (C=O) groups excluding carboxylic acids is 2. The number of carboxylic acids is 2. The van der Waals surface area contributed by atoms with Crippen LogP contribution in [0.15, 0.2) is 18.2 Å². The van der Waals surface area contributed by atoms with Gasteiger partial charge in [-0.2, -0.15) is 0 Å². The topological polar surface area (TPSA) is 143 Å². The molecule has 1 aromatic rings. The molecule has 2 aliphatic heterocycles. The van der Waals surface area contributed by atoms with Gasteiger partial charge >= 0.3 is 11.9 Å². The van der Waals surface area contributed by atoms with E-state index in [1.165, 1.54) is 35.1 Å². The summed E-state index contributed by atoms with van der Waals surface area (Å²) in [6.07, 6.45) is 2.09. The van der Waals surface area contributed by atoms with Crippen molar-refractivity contribution in [3.05, 3.63) is 18.2 Å². The van der Waals surface area contributed by atoms with Gasteiger partial charge in [0.25, 0.3) is 11.8 Å². The molecule has 2 heterocycles. The Bertz CT molecular complexity index is 888. The summed E-state index contributed by atoms with van der Waals surface area (Å²) in [6.45, 7) is 0.0847. The standard InChI is InChI=1S/C21H26N2O9/c1-30-17-10-13(31-11-18(24)22-8-2-4-14(22)20(26)27)6-7-16(17)32-12-19(25)23-9-3-5-15(23)21(28)29/h6-7,10,14-15H,2-5,8-9,11-12H2,1H3,(H,26,27)(H,28,29). The summed E-state index contributed by atoms with van der Waals surface area (Å²) in [5, 5.41) is 18.4. The number of benzene rings is 1. The molecule has 0 radical (unpaired) electrons. The molecule has 11 nitrogen and oxygen atoms in total. The number of carboxylic acid groups (broad SMARTS) is 2. The van der Waals surface area contributed by atoms with E-state index in [1.54, 1.807) is 0 Å². The predicted octanol–water partition coefficient (Wildman–Crippen LogP) is 0.604. The molecule has 1 aromatic carbocycles. The molecule has 2 fully saturated rings. The number of aliphatic carboxylic acids is 2. The minimum atomic E-state index is -1.03. The van der Waals surface area contributed by atoms with Gasteiger partial charge in [-0.05, 0) is 37.8 Å². The van der Waals surface area contributed by atoms with E-state index in [2.05, 4.69) is 0 Å². The lowest BCUT2D eigenvalue weighted by Gasteiger charge is -2.22. The number of amides is 2. The third kappa shape index (κ3) is 5.21. The minimum Gasteiger partial charge on any atom is -0.493 e. The molecule has 174 valence electrons. The van der Waals surface area contributed by atoms with E-state index in [1.807, 2.05) is 0 Å². The van der Waals surface area contributed by atoms with Crippen LogP contribution in [0, 0.1) is 0 Å². The molecule has 0 aliphatic carbocycles. The highest BCUT2D eigenvalue weighted by Gasteiger charge is 2.35. The number of nitrogens with zero attached hydrogens (tertiary/aromatic N) is 2. The second-order valence-corrected chi connectivity index (χ2v) is 7.56. The van der Waals surface area contributed by atoms with Crippen LogP contribution < -0.4 is 14.2 Å². The molecular formula is C21H26N2O9. The Hall–Kier alpha value is -3.50. The van der Waals surface area contributed by atoms with Crippen molar-refractivity contribution in [2.75, 3.05) is 33.4 Å². The maximum atomic E-state index is 12.4. The molecule has 2 saturated heterocycles. The average Bonchev–Trinajstić information content (AvgIpc) is 3.46. The molecule has 2 amide bonds. The number of hydrogen-bond acceptors (Lipinski definition) is 7. The SMILES string of the molecule is COc1cc(OCC(=O)N2CCCC2C(=O)O)ccc1OCC(=O)N1CCCC1C(=O)O. The molecule has 2 atom stereocenters. The first kappa shape index (κ1) is 23.2. The highest BCUT2D eigenvalue weighted by molar-refractivity contribution is 5.86. The average molecular weight is 450 g/mol. The summed E-state index contributed by atoms with van der Waals surface area (Å²) in [5.74, 6) is -2.07. The summed E-state index contributed by atoms with van der Waals surface area (Å²) in [5.41, 5.74) is 0. The molecule has 0 bridgehead atoms. The second-order valence-electron chi connectivity index (χ2n) is 7.56. The van der Waals surface area contributed by atoms with Crippen LogP contribution in [0.1, 0.15) is 25.7 Å². The lowest BCUT2D eigenvalue weighted by molar-refractivity contribution is -0.149. The zero-order valence-electron chi connectivity index (χ0n) is 17.7. The minimum absolute atomic E-state index is 0.260. The first-order valence-corrected chi connectivity index (χ1v) is 10.3. The van der Waals surface area contributed by atoms with E-state index in [9.17, 15) is 29.4 Å². The number of carbonyl (C=O) groups is 4. The Balaban J connectivity index is 1.56. The van der Waals surface area contributed by atoms with Crippen LogP contribution >= 0.6 is 0 Å². The van der Waals surface area contributed by atoms with Crippen LogP contribution in [0.2, 0.25) is 0 Å². The van der Waals surface area contributed by atoms with Crippen molar-refractivity contribution >= 4 is 23.8 Å². The molecule has 2 N–H and O–H groups in total. The molecule has 32 heavy (non-hydrogen) atoms. The van der Waals surface area contributed by atoms with Crippen LogP contribution in [-0.2, 0) is 19.2 Å². The van der Waals surface area contributed by atoms with Crippen LogP contribution in [-0.4, -0.2) is 89.3 Å². The van der Waals surface area contributed by atoms with Gasteiger partial charge in [-0.15, -0.1) is 0 Å². The van der Waals surface area contributed by atoms with Gasteiger partial charge in [0.05, 0.1) is 7.11 Å². The summed E-state index contributed by atoms with van der Waals surface area (Å²) in [7, 11) is 1.40. The first-order chi connectivity index (χ1) is 15.3. The molecule has 2 aliphatic rings. The summed E-state index contributed by atoms with van der Waals surface area (Å²) < 4.78 is 16.3. The smallest absolute Gasteiger partial charge is 0.326 e. The molecule has 0 aromatic heterocycles. The molecule has 2 unspecified atom stereocenters.